The van der Waals surface area contributed by atoms with Crippen molar-refractivity contribution in [2.75, 3.05) is 0 Å². The Kier molecular flexibility index (Phi) is 2.93. The maximum absolute atomic E-state index is 13.0. The third-order valence-corrected chi connectivity index (χ3v) is 2.97. The number of aromatic nitrogens is 1. The molecule has 7 heteroatoms. The molecule has 1 aliphatic heterocycles. The van der Waals surface area contributed by atoms with Crippen molar-refractivity contribution < 1.29 is 27.5 Å². The lowest BCUT2D eigenvalue weighted by Crippen LogP contribution is -2.25. The molecule has 3 rings (SSSR count). The molecule has 0 fully saturated rings. The van der Waals surface area contributed by atoms with Crippen LogP contribution in [0.3, 0.4) is 0 Å². The lowest BCUT2D eigenvalue weighted by Gasteiger charge is -2.04. The van der Waals surface area contributed by atoms with Gasteiger partial charge in [0.2, 0.25) is 5.89 Å². The van der Waals surface area contributed by atoms with E-state index in [4.69, 9.17) is 4.42 Å². The molecule has 0 saturated carbocycles. The van der Waals surface area contributed by atoms with Crippen LogP contribution in [0.15, 0.2) is 22.6 Å². The number of ether oxygens (including phenoxy) is 2. The largest absolute Gasteiger partial charge is 0.586 e. The van der Waals surface area contributed by atoms with Gasteiger partial charge in [-0.1, -0.05) is 13.8 Å². The highest BCUT2D eigenvalue weighted by atomic mass is 19.3. The molecule has 0 atom stereocenters. The quantitative estimate of drug-likeness (QED) is 0.810. The standard InChI is InChI=1S/C14H11F2NO4/c1-7(2)12-9(6-18)17-13(19-12)8-3-4-10-11(5-8)21-14(15,16)20-10/h3-7H,1-2H3. The number of hydrogen-bond donors (Lipinski definition) is 0. The summed E-state index contributed by atoms with van der Waals surface area (Å²) in [4.78, 5) is 15.0. The van der Waals surface area contributed by atoms with Crippen LogP contribution in [0, 0.1) is 0 Å². The number of carbonyl (C=O) groups is 1. The highest BCUT2D eigenvalue weighted by Gasteiger charge is 2.43. The molecular formula is C14H11F2NO4. The number of halogens is 2. The zero-order valence-corrected chi connectivity index (χ0v) is 11.2. The third kappa shape index (κ3) is 2.35. The molecule has 1 aliphatic rings. The summed E-state index contributed by atoms with van der Waals surface area (Å²) in [6.07, 6.45) is -3.07. The summed E-state index contributed by atoms with van der Waals surface area (Å²) >= 11 is 0. The number of oxazole rings is 1. The van der Waals surface area contributed by atoms with Crippen LogP contribution in [0.2, 0.25) is 0 Å². The lowest BCUT2D eigenvalue weighted by molar-refractivity contribution is -0.286. The molecule has 21 heavy (non-hydrogen) atoms. The van der Waals surface area contributed by atoms with E-state index in [1.54, 1.807) is 0 Å². The second kappa shape index (κ2) is 4.54. The van der Waals surface area contributed by atoms with E-state index in [1.165, 1.54) is 18.2 Å². The minimum Gasteiger partial charge on any atom is -0.440 e. The van der Waals surface area contributed by atoms with Gasteiger partial charge in [-0.05, 0) is 18.2 Å². The van der Waals surface area contributed by atoms with Crippen molar-refractivity contribution in [3.63, 3.8) is 0 Å². The Hall–Kier alpha value is -2.44. The number of rotatable bonds is 3. The summed E-state index contributed by atoms with van der Waals surface area (Å²) in [5, 5.41) is 0. The van der Waals surface area contributed by atoms with E-state index in [0.29, 0.717) is 17.6 Å². The Morgan fingerprint density at radius 2 is 1.95 bits per heavy atom. The van der Waals surface area contributed by atoms with Crippen LogP contribution >= 0.6 is 0 Å². The molecule has 110 valence electrons. The fourth-order valence-corrected chi connectivity index (χ4v) is 2.05. The summed E-state index contributed by atoms with van der Waals surface area (Å²) in [5.74, 6) is 0.430. The van der Waals surface area contributed by atoms with Crippen molar-refractivity contribution >= 4 is 6.29 Å². The number of alkyl halides is 2. The molecular weight excluding hydrogens is 284 g/mol. The van der Waals surface area contributed by atoms with Crippen LogP contribution in [0.25, 0.3) is 11.5 Å². The van der Waals surface area contributed by atoms with Crippen molar-refractivity contribution in [1.82, 2.24) is 4.98 Å². The number of fused-ring (bicyclic) bond motifs is 1. The molecule has 0 amide bonds. The van der Waals surface area contributed by atoms with Crippen molar-refractivity contribution in [2.45, 2.75) is 26.1 Å². The number of aldehydes is 1. The molecule has 0 radical (unpaired) electrons. The van der Waals surface area contributed by atoms with Gasteiger partial charge in [-0.3, -0.25) is 4.79 Å². The predicted octanol–water partition coefficient (Wildman–Crippen LogP) is 3.60. The van der Waals surface area contributed by atoms with Crippen LogP contribution in [0.5, 0.6) is 11.5 Å². The monoisotopic (exact) mass is 295 g/mol. The summed E-state index contributed by atoms with van der Waals surface area (Å²) < 4.78 is 40.2. The molecule has 0 aliphatic carbocycles. The average Bonchev–Trinajstić information content (AvgIpc) is 2.96. The van der Waals surface area contributed by atoms with E-state index in [1.807, 2.05) is 13.8 Å². The topological polar surface area (TPSA) is 61.6 Å². The fourth-order valence-electron chi connectivity index (χ4n) is 2.05. The molecule has 0 saturated heterocycles. The Morgan fingerprint density at radius 3 is 2.57 bits per heavy atom. The van der Waals surface area contributed by atoms with E-state index < -0.39 is 6.29 Å². The van der Waals surface area contributed by atoms with Crippen LogP contribution in [0.1, 0.15) is 36.0 Å². The number of carbonyl (C=O) groups excluding carboxylic acids is 1. The van der Waals surface area contributed by atoms with E-state index >= 15 is 0 Å². The van der Waals surface area contributed by atoms with Crippen LogP contribution in [-0.4, -0.2) is 17.6 Å². The van der Waals surface area contributed by atoms with Gasteiger partial charge in [0.1, 0.15) is 11.5 Å². The van der Waals surface area contributed by atoms with Crippen molar-refractivity contribution in [2.24, 2.45) is 0 Å². The molecule has 0 unspecified atom stereocenters. The summed E-state index contributed by atoms with van der Waals surface area (Å²) in [5.41, 5.74) is 0.619. The second-order valence-electron chi connectivity index (χ2n) is 4.87. The van der Waals surface area contributed by atoms with E-state index in [2.05, 4.69) is 14.5 Å². The third-order valence-electron chi connectivity index (χ3n) is 2.97. The molecule has 0 bridgehead atoms. The highest BCUT2D eigenvalue weighted by Crippen LogP contribution is 2.43. The first-order valence-electron chi connectivity index (χ1n) is 6.26. The first-order valence-corrected chi connectivity index (χ1v) is 6.26. The van der Waals surface area contributed by atoms with Gasteiger partial charge >= 0.3 is 6.29 Å². The van der Waals surface area contributed by atoms with Gasteiger partial charge in [0.05, 0.1) is 0 Å². The first kappa shape index (κ1) is 13.5. The normalized spacial score (nSPS) is 15.5. The van der Waals surface area contributed by atoms with Crippen LogP contribution in [0.4, 0.5) is 8.78 Å². The fraction of sp³-hybridized carbons (Fsp3) is 0.286. The number of nitrogens with zero attached hydrogens (tertiary/aromatic N) is 1. The molecule has 5 nitrogen and oxygen atoms in total. The van der Waals surface area contributed by atoms with Crippen molar-refractivity contribution in [3.05, 3.63) is 29.7 Å². The summed E-state index contributed by atoms with van der Waals surface area (Å²) in [7, 11) is 0. The Labute approximate surface area is 118 Å². The second-order valence-corrected chi connectivity index (χ2v) is 4.87. The van der Waals surface area contributed by atoms with E-state index in [9.17, 15) is 13.6 Å². The van der Waals surface area contributed by atoms with Crippen LogP contribution < -0.4 is 9.47 Å². The zero-order chi connectivity index (χ0) is 15.2. The maximum atomic E-state index is 13.0. The average molecular weight is 295 g/mol. The Balaban J connectivity index is 2.01. The van der Waals surface area contributed by atoms with Gasteiger partial charge in [0.15, 0.2) is 17.8 Å². The lowest BCUT2D eigenvalue weighted by atomic mass is 10.1. The van der Waals surface area contributed by atoms with Crippen LogP contribution in [-0.2, 0) is 0 Å². The Bertz CT molecular complexity index is 709. The molecule has 1 aromatic heterocycles. The Morgan fingerprint density at radius 1 is 1.24 bits per heavy atom. The van der Waals surface area contributed by atoms with Crippen molar-refractivity contribution in [3.8, 4) is 23.0 Å². The van der Waals surface area contributed by atoms with Gasteiger partial charge in [-0.15, -0.1) is 8.78 Å². The van der Waals surface area contributed by atoms with Gasteiger partial charge in [-0.25, -0.2) is 4.98 Å². The highest BCUT2D eigenvalue weighted by molar-refractivity contribution is 5.75. The maximum Gasteiger partial charge on any atom is 0.586 e. The van der Waals surface area contributed by atoms with Gasteiger partial charge in [0, 0.05) is 11.5 Å². The molecule has 2 heterocycles. The van der Waals surface area contributed by atoms with Gasteiger partial charge < -0.3 is 13.9 Å². The molecule has 0 N–H and O–H groups in total. The number of hydrogen-bond acceptors (Lipinski definition) is 5. The summed E-state index contributed by atoms with van der Waals surface area (Å²) in [6.45, 7) is 3.72. The SMILES string of the molecule is CC(C)c1oc(-c2ccc3c(c2)OC(F)(F)O3)nc1C=O. The molecule has 2 aromatic rings. The minimum absolute atomic E-state index is 0.0233. The van der Waals surface area contributed by atoms with E-state index in [0.717, 1.165) is 0 Å². The summed E-state index contributed by atoms with van der Waals surface area (Å²) in [6, 6.07) is 4.18. The van der Waals surface area contributed by atoms with Crippen molar-refractivity contribution in [1.29, 1.82) is 0 Å². The minimum atomic E-state index is -3.67. The van der Waals surface area contributed by atoms with E-state index in [-0.39, 0.29) is 29.0 Å². The van der Waals surface area contributed by atoms with Gasteiger partial charge in [-0.2, -0.15) is 0 Å². The smallest absolute Gasteiger partial charge is 0.440 e. The first-order chi connectivity index (χ1) is 9.89. The predicted molar refractivity (Wildman–Crippen MR) is 67.6 cm³/mol. The number of benzene rings is 1. The molecule has 0 spiro atoms. The van der Waals surface area contributed by atoms with Gasteiger partial charge in [0.25, 0.3) is 0 Å². The zero-order valence-electron chi connectivity index (χ0n) is 11.2. The molecule has 1 aromatic carbocycles.